The lowest BCUT2D eigenvalue weighted by molar-refractivity contribution is -0.0146. The van der Waals surface area contributed by atoms with E-state index >= 15 is 0 Å². The second-order valence-electron chi connectivity index (χ2n) is 6.29. The highest BCUT2D eigenvalue weighted by Crippen LogP contribution is 2.32. The maximum atomic E-state index is 5.93. The highest BCUT2D eigenvalue weighted by atomic mass is 16.5. The van der Waals surface area contributed by atoms with Crippen molar-refractivity contribution in [2.75, 3.05) is 26.4 Å². The number of nitrogens with one attached hydrogen (secondary N) is 1. The summed E-state index contributed by atoms with van der Waals surface area (Å²) >= 11 is 0. The van der Waals surface area contributed by atoms with Crippen LogP contribution < -0.4 is 14.8 Å². The zero-order valence-corrected chi connectivity index (χ0v) is 13.6. The molecule has 118 valence electrons. The Hall–Kier alpha value is -1.26. The summed E-state index contributed by atoms with van der Waals surface area (Å²) in [5.74, 6) is 1.67. The van der Waals surface area contributed by atoms with E-state index in [0.717, 1.165) is 31.1 Å². The van der Waals surface area contributed by atoms with Gasteiger partial charge in [0.05, 0.1) is 31.5 Å². The predicted molar refractivity (Wildman–Crippen MR) is 84.2 cm³/mol. The highest BCUT2D eigenvalue weighted by molar-refractivity contribution is 5.44. The molecule has 0 spiro atoms. The van der Waals surface area contributed by atoms with Gasteiger partial charge in [0.15, 0.2) is 11.5 Å². The number of rotatable bonds is 5. The summed E-state index contributed by atoms with van der Waals surface area (Å²) in [5, 5.41) is 3.47. The van der Waals surface area contributed by atoms with Crippen LogP contribution in [0.1, 0.15) is 45.7 Å². The lowest BCUT2D eigenvalue weighted by Gasteiger charge is -2.25. The summed E-state index contributed by atoms with van der Waals surface area (Å²) in [6.45, 7) is 11.3. The van der Waals surface area contributed by atoms with Gasteiger partial charge in [0.25, 0.3) is 0 Å². The van der Waals surface area contributed by atoms with Gasteiger partial charge < -0.3 is 19.5 Å². The average Bonchev–Trinajstić information content (AvgIpc) is 2.66. The number of fused-ring (bicyclic) bond motifs is 1. The van der Waals surface area contributed by atoms with E-state index < -0.39 is 0 Å². The van der Waals surface area contributed by atoms with Crippen LogP contribution in [0.25, 0.3) is 0 Å². The van der Waals surface area contributed by atoms with Crippen molar-refractivity contribution in [3.63, 3.8) is 0 Å². The van der Waals surface area contributed by atoms with E-state index in [1.807, 2.05) is 6.07 Å². The Kier molecular flexibility index (Phi) is 5.48. The SMILES string of the molecule is CCNC(COC(C)(C)C)c1ccc2c(c1)OCCCO2. The predicted octanol–water partition coefficient (Wildman–Crippen LogP) is 3.31. The highest BCUT2D eigenvalue weighted by Gasteiger charge is 2.19. The molecule has 0 saturated heterocycles. The number of hydrogen-bond acceptors (Lipinski definition) is 4. The monoisotopic (exact) mass is 293 g/mol. The molecule has 4 heteroatoms. The maximum absolute atomic E-state index is 5.93. The van der Waals surface area contributed by atoms with Crippen LogP contribution in [0.2, 0.25) is 0 Å². The van der Waals surface area contributed by atoms with Gasteiger partial charge in [0.2, 0.25) is 0 Å². The fourth-order valence-corrected chi connectivity index (χ4v) is 2.25. The van der Waals surface area contributed by atoms with Crippen LogP contribution in [0.15, 0.2) is 18.2 Å². The molecule has 21 heavy (non-hydrogen) atoms. The quantitative estimate of drug-likeness (QED) is 0.904. The van der Waals surface area contributed by atoms with Crippen molar-refractivity contribution in [1.29, 1.82) is 0 Å². The Bertz CT molecular complexity index is 454. The van der Waals surface area contributed by atoms with Crippen molar-refractivity contribution >= 4 is 0 Å². The average molecular weight is 293 g/mol. The van der Waals surface area contributed by atoms with E-state index in [1.165, 1.54) is 5.56 Å². The smallest absolute Gasteiger partial charge is 0.161 e. The first-order valence-corrected chi connectivity index (χ1v) is 7.76. The Morgan fingerprint density at radius 3 is 2.57 bits per heavy atom. The molecule has 4 nitrogen and oxygen atoms in total. The van der Waals surface area contributed by atoms with Crippen molar-refractivity contribution in [2.45, 2.75) is 45.8 Å². The van der Waals surface area contributed by atoms with Gasteiger partial charge in [-0.25, -0.2) is 0 Å². The normalized spacial score (nSPS) is 16.4. The molecule has 0 aromatic heterocycles. The first-order chi connectivity index (χ1) is 9.99. The molecule has 1 aromatic carbocycles. The van der Waals surface area contributed by atoms with Crippen LogP contribution in [0, 0.1) is 0 Å². The minimum atomic E-state index is -0.140. The van der Waals surface area contributed by atoms with Crippen LogP contribution in [0.5, 0.6) is 11.5 Å². The Balaban J connectivity index is 2.14. The van der Waals surface area contributed by atoms with Crippen molar-refractivity contribution in [3.8, 4) is 11.5 Å². The molecule has 0 saturated carbocycles. The van der Waals surface area contributed by atoms with E-state index in [4.69, 9.17) is 14.2 Å². The van der Waals surface area contributed by atoms with Gasteiger partial charge in [0, 0.05) is 6.42 Å². The fraction of sp³-hybridized carbons (Fsp3) is 0.647. The molecule has 2 rings (SSSR count). The summed E-state index contributed by atoms with van der Waals surface area (Å²) in [7, 11) is 0. The molecular weight excluding hydrogens is 266 g/mol. The Morgan fingerprint density at radius 1 is 1.19 bits per heavy atom. The Labute approximate surface area is 127 Å². The van der Waals surface area contributed by atoms with Gasteiger partial charge in [-0.3, -0.25) is 0 Å². The van der Waals surface area contributed by atoms with Gasteiger partial charge in [-0.2, -0.15) is 0 Å². The number of ether oxygens (including phenoxy) is 3. The fourth-order valence-electron chi connectivity index (χ4n) is 2.25. The topological polar surface area (TPSA) is 39.7 Å². The summed E-state index contributed by atoms with van der Waals surface area (Å²) in [6.07, 6.45) is 0.924. The largest absolute Gasteiger partial charge is 0.490 e. The minimum absolute atomic E-state index is 0.140. The molecule has 0 bridgehead atoms. The van der Waals surface area contributed by atoms with E-state index in [-0.39, 0.29) is 11.6 Å². The number of benzene rings is 1. The molecule has 0 radical (unpaired) electrons. The van der Waals surface area contributed by atoms with Gasteiger partial charge >= 0.3 is 0 Å². The van der Waals surface area contributed by atoms with Crippen LogP contribution in [0.4, 0.5) is 0 Å². The molecule has 1 unspecified atom stereocenters. The zero-order valence-electron chi connectivity index (χ0n) is 13.6. The zero-order chi connectivity index (χ0) is 15.3. The van der Waals surface area contributed by atoms with Crippen LogP contribution in [0.3, 0.4) is 0 Å². The van der Waals surface area contributed by atoms with Gasteiger partial charge in [0.1, 0.15) is 0 Å². The first kappa shape index (κ1) is 16.1. The molecule has 0 aliphatic carbocycles. The molecule has 0 amide bonds. The van der Waals surface area contributed by atoms with E-state index in [2.05, 4.69) is 45.1 Å². The first-order valence-electron chi connectivity index (χ1n) is 7.76. The maximum Gasteiger partial charge on any atom is 0.161 e. The third-order valence-corrected chi connectivity index (χ3v) is 3.31. The lowest BCUT2D eigenvalue weighted by atomic mass is 10.1. The molecule has 0 fully saturated rings. The van der Waals surface area contributed by atoms with Gasteiger partial charge in [-0.05, 0) is 45.0 Å². The standard InChI is InChI=1S/C17H27NO3/c1-5-18-14(12-21-17(2,3)4)13-7-8-15-16(11-13)20-10-6-9-19-15/h7-8,11,14,18H,5-6,9-10,12H2,1-4H3. The summed E-state index contributed by atoms with van der Waals surface area (Å²) in [6, 6.07) is 6.32. The molecule has 1 aromatic rings. The van der Waals surface area contributed by atoms with Gasteiger partial charge in [-0.1, -0.05) is 13.0 Å². The molecule has 1 atom stereocenters. The van der Waals surface area contributed by atoms with Crippen LogP contribution >= 0.6 is 0 Å². The summed E-state index contributed by atoms with van der Waals surface area (Å²) in [5.41, 5.74) is 1.03. The third kappa shape index (κ3) is 4.90. The van der Waals surface area contributed by atoms with Crippen molar-refractivity contribution < 1.29 is 14.2 Å². The number of likely N-dealkylation sites (N-methyl/N-ethyl adjacent to an activating group) is 1. The van der Waals surface area contributed by atoms with Gasteiger partial charge in [-0.15, -0.1) is 0 Å². The minimum Gasteiger partial charge on any atom is -0.490 e. The van der Waals surface area contributed by atoms with E-state index in [1.54, 1.807) is 0 Å². The van der Waals surface area contributed by atoms with Crippen LogP contribution in [-0.2, 0) is 4.74 Å². The van der Waals surface area contributed by atoms with Crippen molar-refractivity contribution in [1.82, 2.24) is 5.32 Å². The molecule has 1 aliphatic rings. The second-order valence-corrected chi connectivity index (χ2v) is 6.29. The second kappa shape index (κ2) is 7.14. The number of hydrogen-bond donors (Lipinski definition) is 1. The summed E-state index contributed by atoms with van der Waals surface area (Å²) < 4.78 is 17.4. The van der Waals surface area contributed by atoms with E-state index in [9.17, 15) is 0 Å². The molecule has 1 aliphatic heterocycles. The summed E-state index contributed by atoms with van der Waals surface area (Å²) in [4.78, 5) is 0. The third-order valence-electron chi connectivity index (χ3n) is 3.31. The lowest BCUT2D eigenvalue weighted by Crippen LogP contribution is -2.30. The molecule has 1 N–H and O–H groups in total. The Morgan fingerprint density at radius 2 is 1.90 bits per heavy atom. The molecular formula is C17H27NO3. The van der Waals surface area contributed by atoms with Crippen LogP contribution in [-0.4, -0.2) is 32.0 Å². The van der Waals surface area contributed by atoms with Crippen molar-refractivity contribution in [3.05, 3.63) is 23.8 Å². The van der Waals surface area contributed by atoms with Crippen molar-refractivity contribution in [2.24, 2.45) is 0 Å². The molecule has 1 heterocycles. The van der Waals surface area contributed by atoms with E-state index in [0.29, 0.717) is 13.2 Å².